The molecule has 4 heteroatoms. The Hall–Kier alpha value is 0.160. The van der Waals surface area contributed by atoms with E-state index in [9.17, 15) is 4.79 Å². The highest BCUT2D eigenvalue weighted by atomic mass is 127. The van der Waals surface area contributed by atoms with Gasteiger partial charge in [-0.25, -0.2) is 0 Å². The third kappa shape index (κ3) is 1.79. The molecule has 0 radical (unpaired) electrons. The molecular formula is C5H9IN2O. The van der Waals surface area contributed by atoms with Crippen molar-refractivity contribution in [3.05, 3.63) is 0 Å². The van der Waals surface area contributed by atoms with E-state index in [1.807, 2.05) is 4.90 Å². The molecule has 0 spiro atoms. The number of carbonyl (C=O) groups excluding carboxylic acids is 1. The number of hydrogen-bond donors (Lipinski definition) is 1. The third-order valence-electron chi connectivity index (χ3n) is 1.33. The summed E-state index contributed by atoms with van der Waals surface area (Å²) in [6, 6.07) is 0. The second-order valence-electron chi connectivity index (χ2n) is 1.95. The first-order chi connectivity index (χ1) is 4.34. The van der Waals surface area contributed by atoms with Gasteiger partial charge in [0.05, 0.1) is 11.1 Å². The van der Waals surface area contributed by atoms with E-state index in [0.29, 0.717) is 6.54 Å². The van der Waals surface area contributed by atoms with Gasteiger partial charge in [-0.1, -0.05) is 22.6 Å². The molecule has 0 unspecified atom stereocenters. The maximum atomic E-state index is 10.9. The Kier molecular flexibility index (Phi) is 2.71. The first-order valence-corrected chi connectivity index (χ1v) is 4.41. The number of nitrogens with zero attached hydrogens (tertiary/aromatic N) is 1. The van der Waals surface area contributed by atoms with E-state index in [4.69, 9.17) is 0 Å². The van der Waals surface area contributed by atoms with E-state index < -0.39 is 0 Å². The molecule has 0 aliphatic carbocycles. The topological polar surface area (TPSA) is 32.3 Å². The molecule has 1 aliphatic rings. The van der Waals surface area contributed by atoms with Gasteiger partial charge < -0.3 is 10.2 Å². The number of nitrogens with one attached hydrogen (secondary N) is 1. The smallest absolute Gasteiger partial charge is 0.237 e. The fraction of sp³-hybridized carbons (Fsp3) is 0.800. The molecule has 1 saturated heterocycles. The predicted octanol–water partition coefficient (Wildman–Crippen LogP) is -0.189. The molecule has 1 fully saturated rings. The van der Waals surface area contributed by atoms with Gasteiger partial charge in [0.25, 0.3) is 0 Å². The largest absolute Gasteiger partial charge is 0.331 e. The summed E-state index contributed by atoms with van der Waals surface area (Å²) in [5.74, 6) is 0.218. The highest BCUT2D eigenvalue weighted by molar-refractivity contribution is 14.1. The van der Waals surface area contributed by atoms with Gasteiger partial charge in [-0.15, -0.1) is 0 Å². The number of rotatable bonds is 1. The molecule has 0 atom stereocenters. The quantitative estimate of drug-likeness (QED) is 0.391. The Labute approximate surface area is 67.9 Å². The van der Waals surface area contributed by atoms with Crippen molar-refractivity contribution in [1.82, 2.24) is 10.2 Å². The van der Waals surface area contributed by atoms with Crippen LogP contribution in [0.15, 0.2) is 0 Å². The number of amides is 1. The van der Waals surface area contributed by atoms with Gasteiger partial charge in [-0.05, 0) is 0 Å². The van der Waals surface area contributed by atoms with Crippen molar-refractivity contribution >= 4 is 28.5 Å². The van der Waals surface area contributed by atoms with Crippen LogP contribution >= 0.6 is 22.6 Å². The Morgan fingerprint density at radius 2 is 2.56 bits per heavy atom. The van der Waals surface area contributed by atoms with Crippen LogP contribution in [-0.2, 0) is 4.79 Å². The summed E-state index contributed by atoms with van der Waals surface area (Å²) in [6.45, 7) is 2.32. The summed E-state index contributed by atoms with van der Waals surface area (Å²) in [6.07, 6.45) is 0. The second-order valence-corrected chi connectivity index (χ2v) is 2.64. The third-order valence-corrected chi connectivity index (χ3v) is 2.16. The molecule has 0 saturated carbocycles. The highest BCUT2D eigenvalue weighted by Crippen LogP contribution is 1.96. The standard InChI is InChI=1S/C5H9IN2O/c6-4-8-2-1-7-3-5(8)9/h7H,1-4H2. The normalized spacial score (nSPS) is 20.6. The van der Waals surface area contributed by atoms with Crippen LogP contribution in [0.2, 0.25) is 0 Å². The van der Waals surface area contributed by atoms with Crippen molar-refractivity contribution in [2.75, 3.05) is 24.2 Å². The number of carbonyl (C=O) groups is 1. The maximum Gasteiger partial charge on any atom is 0.237 e. The van der Waals surface area contributed by atoms with Crippen LogP contribution < -0.4 is 5.32 Å². The van der Waals surface area contributed by atoms with Crippen molar-refractivity contribution in [2.45, 2.75) is 0 Å². The fourth-order valence-electron chi connectivity index (χ4n) is 0.772. The van der Waals surface area contributed by atoms with E-state index in [2.05, 4.69) is 27.9 Å². The monoisotopic (exact) mass is 240 g/mol. The molecule has 0 aromatic rings. The van der Waals surface area contributed by atoms with Gasteiger partial charge in [0.1, 0.15) is 0 Å². The average Bonchev–Trinajstić information content (AvgIpc) is 1.89. The van der Waals surface area contributed by atoms with Crippen LogP contribution in [0, 0.1) is 0 Å². The van der Waals surface area contributed by atoms with Gasteiger partial charge in [-0.2, -0.15) is 0 Å². The zero-order valence-electron chi connectivity index (χ0n) is 5.06. The van der Waals surface area contributed by atoms with Gasteiger partial charge in [0.15, 0.2) is 0 Å². The van der Waals surface area contributed by atoms with Crippen LogP contribution in [0.4, 0.5) is 0 Å². The predicted molar refractivity (Wildman–Crippen MR) is 43.5 cm³/mol. The van der Waals surface area contributed by atoms with E-state index in [1.54, 1.807) is 0 Å². The summed E-state index contributed by atoms with van der Waals surface area (Å²) < 4.78 is 0.818. The van der Waals surface area contributed by atoms with Gasteiger partial charge >= 0.3 is 0 Å². The molecule has 9 heavy (non-hydrogen) atoms. The molecule has 1 amide bonds. The fourth-order valence-corrected chi connectivity index (χ4v) is 1.49. The van der Waals surface area contributed by atoms with Gasteiger partial charge in [0.2, 0.25) is 5.91 Å². The lowest BCUT2D eigenvalue weighted by molar-refractivity contribution is -0.130. The van der Waals surface area contributed by atoms with Crippen molar-refractivity contribution in [2.24, 2.45) is 0 Å². The Balaban J connectivity index is 2.39. The van der Waals surface area contributed by atoms with E-state index in [-0.39, 0.29) is 5.91 Å². The molecule has 0 aromatic heterocycles. The number of hydrogen-bond acceptors (Lipinski definition) is 2. The Morgan fingerprint density at radius 1 is 1.78 bits per heavy atom. The molecule has 0 aromatic carbocycles. The molecule has 1 N–H and O–H groups in total. The summed E-state index contributed by atoms with van der Waals surface area (Å²) in [5.41, 5.74) is 0. The second kappa shape index (κ2) is 3.36. The van der Waals surface area contributed by atoms with Gasteiger partial charge in [-0.3, -0.25) is 4.79 Å². The maximum absolute atomic E-state index is 10.9. The lowest BCUT2D eigenvalue weighted by atomic mass is 10.4. The molecule has 1 aliphatic heterocycles. The first kappa shape index (κ1) is 7.27. The molecular weight excluding hydrogens is 231 g/mol. The van der Waals surface area contributed by atoms with Crippen LogP contribution in [0.1, 0.15) is 0 Å². The molecule has 3 nitrogen and oxygen atoms in total. The van der Waals surface area contributed by atoms with Crippen LogP contribution in [0.3, 0.4) is 0 Å². The highest BCUT2D eigenvalue weighted by Gasteiger charge is 2.14. The van der Waals surface area contributed by atoms with Crippen LogP contribution in [0.5, 0.6) is 0 Å². The molecule has 1 heterocycles. The minimum Gasteiger partial charge on any atom is -0.331 e. The summed E-state index contributed by atoms with van der Waals surface area (Å²) in [4.78, 5) is 12.7. The number of alkyl halides is 1. The Morgan fingerprint density at radius 3 is 3.00 bits per heavy atom. The van der Waals surface area contributed by atoms with Gasteiger partial charge in [0, 0.05) is 13.1 Å². The number of halogens is 1. The van der Waals surface area contributed by atoms with E-state index in [1.165, 1.54) is 0 Å². The number of piperazine rings is 1. The summed E-state index contributed by atoms with van der Waals surface area (Å²) in [7, 11) is 0. The first-order valence-electron chi connectivity index (χ1n) is 2.89. The van der Waals surface area contributed by atoms with Crippen LogP contribution in [0.25, 0.3) is 0 Å². The Bertz CT molecular complexity index is 118. The minimum atomic E-state index is 0.218. The van der Waals surface area contributed by atoms with Crippen molar-refractivity contribution in [3.8, 4) is 0 Å². The molecule has 52 valence electrons. The lowest BCUT2D eigenvalue weighted by Gasteiger charge is -2.24. The minimum absolute atomic E-state index is 0.218. The SMILES string of the molecule is O=C1CNCCN1CI. The van der Waals surface area contributed by atoms with Crippen LogP contribution in [-0.4, -0.2) is 35.0 Å². The zero-order chi connectivity index (χ0) is 6.69. The molecule has 1 rings (SSSR count). The van der Waals surface area contributed by atoms with E-state index in [0.717, 1.165) is 17.6 Å². The molecule has 0 bridgehead atoms. The lowest BCUT2D eigenvalue weighted by Crippen LogP contribution is -2.47. The van der Waals surface area contributed by atoms with Crippen molar-refractivity contribution in [1.29, 1.82) is 0 Å². The average molecular weight is 240 g/mol. The summed E-state index contributed by atoms with van der Waals surface area (Å²) in [5, 5.41) is 3.00. The summed E-state index contributed by atoms with van der Waals surface area (Å²) >= 11 is 2.20. The zero-order valence-corrected chi connectivity index (χ0v) is 7.22. The van der Waals surface area contributed by atoms with Crippen molar-refractivity contribution in [3.63, 3.8) is 0 Å². The van der Waals surface area contributed by atoms with Crippen molar-refractivity contribution < 1.29 is 4.79 Å². The van der Waals surface area contributed by atoms with E-state index >= 15 is 0 Å².